The summed E-state index contributed by atoms with van der Waals surface area (Å²) in [7, 11) is 0. The van der Waals surface area contributed by atoms with Gasteiger partial charge in [0.25, 0.3) is 0 Å². The van der Waals surface area contributed by atoms with E-state index in [0.29, 0.717) is 31.3 Å². The molecule has 1 atom stereocenters. The van der Waals surface area contributed by atoms with Crippen molar-refractivity contribution in [3.05, 3.63) is 53.1 Å². The molecule has 4 nitrogen and oxygen atoms in total. The van der Waals surface area contributed by atoms with Crippen molar-refractivity contribution in [2.24, 2.45) is 0 Å². The number of hydrogen-bond donors (Lipinski definition) is 1. The molecule has 0 spiro atoms. The van der Waals surface area contributed by atoms with Gasteiger partial charge >= 0.3 is 0 Å². The molecule has 0 saturated carbocycles. The maximum absolute atomic E-state index is 10.8. The van der Waals surface area contributed by atoms with Crippen molar-refractivity contribution in [2.75, 3.05) is 19.8 Å². The van der Waals surface area contributed by atoms with Crippen molar-refractivity contribution < 1.29 is 19.3 Å². The highest BCUT2D eigenvalue weighted by Gasteiger charge is 2.26. The van der Waals surface area contributed by atoms with Crippen LogP contribution in [0.5, 0.6) is 17.2 Å². The first-order valence-electron chi connectivity index (χ1n) is 7.16. The summed E-state index contributed by atoms with van der Waals surface area (Å²) >= 11 is 0. The normalized spacial score (nSPS) is 17.0. The van der Waals surface area contributed by atoms with Crippen molar-refractivity contribution in [1.29, 1.82) is 0 Å². The van der Waals surface area contributed by atoms with Gasteiger partial charge in [-0.3, -0.25) is 0 Å². The maximum atomic E-state index is 10.8. The molecule has 0 fully saturated rings. The molecule has 0 amide bonds. The Morgan fingerprint density at radius 3 is 2.43 bits per heavy atom. The molecular weight excluding hydrogens is 268 g/mol. The molecule has 2 aliphatic heterocycles. The highest BCUT2D eigenvalue weighted by Crippen LogP contribution is 2.42. The fraction of sp³-hybridized carbons (Fsp3) is 0.294. The van der Waals surface area contributed by atoms with Crippen molar-refractivity contribution in [1.82, 2.24) is 0 Å². The van der Waals surface area contributed by atoms with Crippen LogP contribution < -0.4 is 14.2 Å². The van der Waals surface area contributed by atoms with Gasteiger partial charge in [0.2, 0.25) is 0 Å². The van der Waals surface area contributed by atoms with Gasteiger partial charge in [0, 0.05) is 17.5 Å². The van der Waals surface area contributed by atoms with E-state index in [1.54, 1.807) is 0 Å². The van der Waals surface area contributed by atoms with Crippen LogP contribution in [0, 0.1) is 0 Å². The van der Waals surface area contributed by atoms with Crippen molar-refractivity contribution in [3.63, 3.8) is 0 Å². The Labute approximate surface area is 122 Å². The summed E-state index contributed by atoms with van der Waals surface area (Å²) in [4.78, 5) is 0. The number of rotatable bonds is 2. The molecule has 4 rings (SSSR count). The Morgan fingerprint density at radius 1 is 0.810 bits per heavy atom. The largest absolute Gasteiger partial charge is 0.493 e. The zero-order valence-electron chi connectivity index (χ0n) is 11.5. The number of fused-ring (bicyclic) bond motifs is 2. The molecule has 2 aliphatic rings. The van der Waals surface area contributed by atoms with E-state index in [1.807, 2.05) is 36.4 Å². The van der Waals surface area contributed by atoms with Gasteiger partial charge in [0.15, 0.2) is 11.5 Å². The summed E-state index contributed by atoms with van der Waals surface area (Å²) in [6.45, 7) is 1.71. The number of para-hydroxylation sites is 2. The van der Waals surface area contributed by atoms with Gasteiger partial charge in [0.05, 0.1) is 6.61 Å². The first-order valence-corrected chi connectivity index (χ1v) is 7.16. The fourth-order valence-electron chi connectivity index (χ4n) is 2.94. The Bertz CT molecular complexity index is 680. The van der Waals surface area contributed by atoms with E-state index in [-0.39, 0.29) is 0 Å². The van der Waals surface area contributed by atoms with Crippen LogP contribution in [-0.2, 0) is 6.42 Å². The minimum absolute atomic E-state index is 0.500. The lowest BCUT2D eigenvalue weighted by molar-refractivity contribution is 0.157. The van der Waals surface area contributed by atoms with E-state index >= 15 is 0 Å². The van der Waals surface area contributed by atoms with E-state index in [0.717, 1.165) is 28.9 Å². The predicted molar refractivity (Wildman–Crippen MR) is 77.1 cm³/mol. The fourth-order valence-corrected chi connectivity index (χ4v) is 2.94. The summed E-state index contributed by atoms with van der Waals surface area (Å²) in [5, 5.41) is 10.8. The average molecular weight is 284 g/mol. The van der Waals surface area contributed by atoms with E-state index in [2.05, 4.69) is 0 Å². The molecule has 2 aromatic carbocycles. The molecule has 108 valence electrons. The van der Waals surface area contributed by atoms with E-state index in [4.69, 9.17) is 14.2 Å². The lowest BCUT2D eigenvalue weighted by Gasteiger charge is -2.23. The van der Waals surface area contributed by atoms with Crippen molar-refractivity contribution in [2.45, 2.75) is 12.5 Å². The second-order valence-electron chi connectivity index (χ2n) is 5.21. The maximum Gasteiger partial charge on any atom is 0.167 e. The van der Waals surface area contributed by atoms with Crippen LogP contribution in [0.4, 0.5) is 0 Å². The van der Waals surface area contributed by atoms with Crippen molar-refractivity contribution in [3.8, 4) is 17.2 Å². The molecule has 2 aromatic rings. The topological polar surface area (TPSA) is 47.9 Å². The van der Waals surface area contributed by atoms with Crippen LogP contribution in [0.1, 0.15) is 22.8 Å². The Kier molecular flexibility index (Phi) is 2.97. The molecule has 0 aromatic heterocycles. The zero-order valence-corrected chi connectivity index (χ0v) is 11.5. The van der Waals surface area contributed by atoms with Gasteiger partial charge < -0.3 is 19.3 Å². The molecule has 0 saturated heterocycles. The van der Waals surface area contributed by atoms with Crippen LogP contribution in [0.25, 0.3) is 0 Å². The Hall–Kier alpha value is -2.20. The van der Waals surface area contributed by atoms with Gasteiger partial charge in [-0.1, -0.05) is 30.3 Å². The van der Waals surface area contributed by atoms with Gasteiger partial charge in [0.1, 0.15) is 25.1 Å². The van der Waals surface area contributed by atoms with Crippen LogP contribution in [-0.4, -0.2) is 24.9 Å². The third-order valence-electron chi connectivity index (χ3n) is 3.93. The number of aliphatic hydroxyl groups excluding tert-OH is 1. The summed E-state index contributed by atoms with van der Waals surface area (Å²) < 4.78 is 17.0. The third-order valence-corrected chi connectivity index (χ3v) is 3.93. The van der Waals surface area contributed by atoms with E-state index < -0.39 is 6.10 Å². The summed E-state index contributed by atoms with van der Waals surface area (Å²) in [6.07, 6.45) is 0.109. The monoisotopic (exact) mass is 284 g/mol. The standard InChI is InChI=1S/C17H16O4/c18-15(12-4-1-3-11-7-8-20-16(11)12)13-5-2-6-14-17(13)21-10-9-19-14/h1-6,15,18H,7-10H2. The number of aliphatic hydroxyl groups is 1. The van der Waals surface area contributed by atoms with E-state index in [1.165, 1.54) is 0 Å². The van der Waals surface area contributed by atoms with Gasteiger partial charge in [-0.25, -0.2) is 0 Å². The van der Waals surface area contributed by atoms with Gasteiger partial charge in [-0.2, -0.15) is 0 Å². The Morgan fingerprint density at radius 2 is 1.52 bits per heavy atom. The number of ether oxygens (including phenoxy) is 3. The van der Waals surface area contributed by atoms with Crippen LogP contribution in [0.15, 0.2) is 36.4 Å². The molecule has 4 heteroatoms. The van der Waals surface area contributed by atoms with Crippen LogP contribution >= 0.6 is 0 Å². The number of hydrogen-bond acceptors (Lipinski definition) is 4. The summed E-state index contributed by atoms with van der Waals surface area (Å²) in [5.74, 6) is 2.12. The quantitative estimate of drug-likeness (QED) is 0.920. The molecule has 2 heterocycles. The predicted octanol–water partition coefficient (Wildman–Crippen LogP) is 2.47. The van der Waals surface area contributed by atoms with Crippen LogP contribution in [0.2, 0.25) is 0 Å². The first kappa shape index (κ1) is 12.5. The molecule has 1 unspecified atom stereocenters. The molecule has 21 heavy (non-hydrogen) atoms. The highest BCUT2D eigenvalue weighted by atomic mass is 16.6. The van der Waals surface area contributed by atoms with Crippen molar-refractivity contribution >= 4 is 0 Å². The molecule has 1 N–H and O–H groups in total. The van der Waals surface area contributed by atoms with Gasteiger partial charge in [-0.05, 0) is 11.6 Å². The third kappa shape index (κ3) is 2.03. The lowest BCUT2D eigenvalue weighted by Crippen LogP contribution is -2.17. The first-order chi connectivity index (χ1) is 10.3. The molecule has 0 radical (unpaired) electrons. The smallest absolute Gasteiger partial charge is 0.167 e. The SMILES string of the molecule is OC(c1cccc2c1OCC2)c1cccc2c1OCCO2. The average Bonchev–Trinajstić information content (AvgIpc) is 3.02. The Balaban J connectivity index is 1.79. The van der Waals surface area contributed by atoms with Gasteiger partial charge in [-0.15, -0.1) is 0 Å². The summed E-state index contributed by atoms with van der Waals surface area (Å²) in [6, 6.07) is 11.5. The van der Waals surface area contributed by atoms with Crippen LogP contribution in [0.3, 0.4) is 0 Å². The highest BCUT2D eigenvalue weighted by molar-refractivity contribution is 5.54. The minimum atomic E-state index is -0.783. The lowest BCUT2D eigenvalue weighted by atomic mass is 9.97. The van der Waals surface area contributed by atoms with E-state index in [9.17, 15) is 5.11 Å². The second kappa shape index (κ2) is 4.97. The second-order valence-corrected chi connectivity index (χ2v) is 5.21. The molecular formula is C17H16O4. The molecule has 0 bridgehead atoms. The zero-order chi connectivity index (χ0) is 14.2. The summed E-state index contributed by atoms with van der Waals surface area (Å²) in [5.41, 5.74) is 2.65. The number of benzene rings is 2. The molecule has 0 aliphatic carbocycles. The minimum Gasteiger partial charge on any atom is -0.493 e.